The summed E-state index contributed by atoms with van der Waals surface area (Å²) >= 11 is 6.06. The summed E-state index contributed by atoms with van der Waals surface area (Å²) in [5.41, 5.74) is 6.93. The van der Waals surface area contributed by atoms with E-state index in [2.05, 4.69) is 13.8 Å². The van der Waals surface area contributed by atoms with Crippen LogP contribution in [-0.4, -0.2) is 12.1 Å². The second kappa shape index (κ2) is 6.15. The van der Waals surface area contributed by atoms with Crippen LogP contribution in [0.5, 0.6) is 0 Å². The molecule has 0 amide bonds. The highest BCUT2D eigenvalue weighted by atomic mass is 35.5. The standard InChI is InChI=1S/C16H22ClNO2/c1-16(2)9-7-11(8-10-16)20-15(19)14(18)12-5-3-4-6-13(12)17/h3-6,11,14H,7-10,18H2,1-2H3/t14-/m1/s1. The summed E-state index contributed by atoms with van der Waals surface area (Å²) < 4.78 is 5.53. The van der Waals surface area contributed by atoms with Crippen LogP contribution in [0.2, 0.25) is 5.02 Å². The van der Waals surface area contributed by atoms with Gasteiger partial charge in [-0.05, 0) is 42.7 Å². The Bertz CT molecular complexity index is 477. The van der Waals surface area contributed by atoms with Crippen molar-refractivity contribution in [2.24, 2.45) is 11.1 Å². The fourth-order valence-corrected chi connectivity index (χ4v) is 2.84. The van der Waals surface area contributed by atoms with Gasteiger partial charge in [0.1, 0.15) is 12.1 Å². The Balaban J connectivity index is 1.94. The molecule has 20 heavy (non-hydrogen) atoms. The lowest BCUT2D eigenvalue weighted by Gasteiger charge is -2.34. The van der Waals surface area contributed by atoms with Gasteiger partial charge in [0, 0.05) is 5.02 Å². The van der Waals surface area contributed by atoms with E-state index in [1.165, 1.54) is 0 Å². The highest BCUT2D eigenvalue weighted by Gasteiger charge is 2.30. The molecule has 110 valence electrons. The first-order valence-corrected chi connectivity index (χ1v) is 7.47. The summed E-state index contributed by atoms with van der Waals surface area (Å²) in [6, 6.07) is 6.31. The molecule has 1 aromatic rings. The zero-order chi connectivity index (χ0) is 14.8. The highest BCUT2D eigenvalue weighted by Crippen LogP contribution is 2.36. The summed E-state index contributed by atoms with van der Waals surface area (Å²) in [6.07, 6.45) is 3.96. The molecule has 4 heteroatoms. The van der Waals surface area contributed by atoms with Gasteiger partial charge in [-0.3, -0.25) is 0 Å². The number of ether oxygens (including phenoxy) is 1. The van der Waals surface area contributed by atoms with Gasteiger partial charge in [0.15, 0.2) is 0 Å². The van der Waals surface area contributed by atoms with Crippen LogP contribution in [0.15, 0.2) is 24.3 Å². The van der Waals surface area contributed by atoms with Crippen molar-refractivity contribution < 1.29 is 9.53 Å². The minimum atomic E-state index is -0.807. The van der Waals surface area contributed by atoms with Crippen molar-refractivity contribution in [1.82, 2.24) is 0 Å². The molecule has 3 nitrogen and oxygen atoms in total. The molecule has 0 aliphatic heterocycles. The molecule has 0 bridgehead atoms. The van der Waals surface area contributed by atoms with Gasteiger partial charge in [-0.25, -0.2) is 4.79 Å². The van der Waals surface area contributed by atoms with Gasteiger partial charge >= 0.3 is 5.97 Å². The fourth-order valence-electron chi connectivity index (χ4n) is 2.58. The lowest BCUT2D eigenvalue weighted by atomic mass is 9.76. The van der Waals surface area contributed by atoms with Crippen molar-refractivity contribution in [3.63, 3.8) is 0 Å². The maximum absolute atomic E-state index is 12.1. The van der Waals surface area contributed by atoms with E-state index in [-0.39, 0.29) is 12.1 Å². The average Bonchev–Trinajstić information content (AvgIpc) is 2.41. The van der Waals surface area contributed by atoms with Gasteiger partial charge in [-0.1, -0.05) is 43.6 Å². The van der Waals surface area contributed by atoms with Gasteiger partial charge in [-0.15, -0.1) is 0 Å². The van der Waals surface area contributed by atoms with E-state index in [0.29, 0.717) is 16.0 Å². The quantitative estimate of drug-likeness (QED) is 0.862. The number of nitrogens with two attached hydrogens (primary N) is 1. The van der Waals surface area contributed by atoms with E-state index >= 15 is 0 Å². The number of esters is 1. The zero-order valence-electron chi connectivity index (χ0n) is 12.1. The molecule has 0 unspecified atom stereocenters. The second-order valence-corrected chi connectivity index (χ2v) is 6.71. The molecule has 1 aliphatic rings. The maximum atomic E-state index is 12.1. The number of carbonyl (C=O) groups excluding carboxylic acids is 1. The van der Waals surface area contributed by atoms with Crippen LogP contribution in [-0.2, 0) is 9.53 Å². The molecule has 1 atom stereocenters. The van der Waals surface area contributed by atoms with E-state index in [0.717, 1.165) is 25.7 Å². The molecule has 0 spiro atoms. The molecule has 1 aromatic carbocycles. The van der Waals surface area contributed by atoms with Crippen molar-refractivity contribution in [2.75, 3.05) is 0 Å². The SMILES string of the molecule is CC1(C)CCC(OC(=O)[C@H](N)c2ccccc2Cl)CC1. The van der Waals surface area contributed by atoms with Crippen LogP contribution in [0.3, 0.4) is 0 Å². The van der Waals surface area contributed by atoms with Gasteiger partial charge in [0.05, 0.1) is 0 Å². The number of benzene rings is 1. The topological polar surface area (TPSA) is 52.3 Å². The predicted octanol–water partition coefficient (Wildman–Crippen LogP) is 3.85. The molecule has 2 N–H and O–H groups in total. The fraction of sp³-hybridized carbons (Fsp3) is 0.562. The third-order valence-electron chi connectivity index (χ3n) is 4.06. The van der Waals surface area contributed by atoms with Crippen LogP contribution < -0.4 is 5.73 Å². The van der Waals surface area contributed by atoms with Gasteiger partial charge in [-0.2, -0.15) is 0 Å². The molecular weight excluding hydrogens is 274 g/mol. The van der Waals surface area contributed by atoms with Crippen molar-refractivity contribution in [2.45, 2.75) is 51.7 Å². The van der Waals surface area contributed by atoms with Crippen LogP contribution in [0.1, 0.15) is 51.1 Å². The Morgan fingerprint density at radius 3 is 2.55 bits per heavy atom. The molecule has 1 fully saturated rings. The van der Waals surface area contributed by atoms with Crippen LogP contribution in [0, 0.1) is 5.41 Å². The third kappa shape index (κ3) is 3.74. The van der Waals surface area contributed by atoms with E-state index in [1.807, 2.05) is 12.1 Å². The Hall–Kier alpha value is -1.06. The maximum Gasteiger partial charge on any atom is 0.327 e. The number of hydrogen-bond donors (Lipinski definition) is 1. The van der Waals surface area contributed by atoms with E-state index in [9.17, 15) is 4.79 Å². The first-order chi connectivity index (χ1) is 9.39. The molecular formula is C16H22ClNO2. The van der Waals surface area contributed by atoms with Crippen LogP contribution in [0.25, 0.3) is 0 Å². The molecule has 0 saturated heterocycles. The van der Waals surface area contributed by atoms with Gasteiger partial charge in [0.2, 0.25) is 0 Å². The Morgan fingerprint density at radius 1 is 1.35 bits per heavy atom. The number of halogens is 1. The van der Waals surface area contributed by atoms with Crippen LogP contribution >= 0.6 is 11.6 Å². The Kier molecular flexibility index (Phi) is 4.71. The first-order valence-electron chi connectivity index (χ1n) is 7.09. The minimum Gasteiger partial charge on any atom is -0.461 e. The van der Waals surface area contributed by atoms with E-state index in [4.69, 9.17) is 22.1 Å². The third-order valence-corrected chi connectivity index (χ3v) is 4.41. The van der Waals surface area contributed by atoms with E-state index in [1.54, 1.807) is 12.1 Å². The molecule has 0 heterocycles. The van der Waals surface area contributed by atoms with E-state index < -0.39 is 6.04 Å². The monoisotopic (exact) mass is 295 g/mol. The molecule has 1 aliphatic carbocycles. The molecule has 1 saturated carbocycles. The highest BCUT2D eigenvalue weighted by molar-refractivity contribution is 6.31. The number of hydrogen-bond acceptors (Lipinski definition) is 3. The van der Waals surface area contributed by atoms with Gasteiger partial charge in [0.25, 0.3) is 0 Å². The number of rotatable bonds is 3. The number of carbonyl (C=O) groups is 1. The molecule has 2 rings (SSSR count). The minimum absolute atomic E-state index is 0.0101. The lowest BCUT2D eigenvalue weighted by molar-refractivity contribution is -0.153. The summed E-state index contributed by atoms with van der Waals surface area (Å²) in [7, 11) is 0. The largest absolute Gasteiger partial charge is 0.461 e. The summed E-state index contributed by atoms with van der Waals surface area (Å²) in [4.78, 5) is 12.1. The van der Waals surface area contributed by atoms with Crippen molar-refractivity contribution in [3.05, 3.63) is 34.9 Å². The Labute approximate surface area is 125 Å². The Morgan fingerprint density at radius 2 is 1.95 bits per heavy atom. The average molecular weight is 296 g/mol. The summed E-state index contributed by atoms with van der Waals surface area (Å²) in [5.74, 6) is -0.386. The van der Waals surface area contributed by atoms with Crippen molar-refractivity contribution in [1.29, 1.82) is 0 Å². The zero-order valence-corrected chi connectivity index (χ0v) is 12.8. The summed E-state index contributed by atoms with van der Waals surface area (Å²) in [6.45, 7) is 4.50. The van der Waals surface area contributed by atoms with Crippen molar-refractivity contribution in [3.8, 4) is 0 Å². The normalized spacial score (nSPS) is 20.4. The predicted molar refractivity (Wildman–Crippen MR) is 80.5 cm³/mol. The molecule has 0 aromatic heterocycles. The van der Waals surface area contributed by atoms with Gasteiger partial charge < -0.3 is 10.5 Å². The van der Waals surface area contributed by atoms with Crippen LogP contribution in [0.4, 0.5) is 0 Å². The molecule has 0 radical (unpaired) electrons. The second-order valence-electron chi connectivity index (χ2n) is 6.30. The smallest absolute Gasteiger partial charge is 0.327 e. The lowest BCUT2D eigenvalue weighted by Crippen LogP contribution is -2.32. The first kappa shape index (κ1) is 15.3. The van der Waals surface area contributed by atoms with Crippen molar-refractivity contribution >= 4 is 17.6 Å². The summed E-state index contributed by atoms with van der Waals surface area (Å²) in [5, 5.41) is 0.502.